The fraction of sp³-hybridized carbons (Fsp3) is 0.571. The van der Waals surface area contributed by atoms with Crippen molar-refractivity contribution in [3.8, 4) is 17.2 Å². The minimum Gasteiger partial charge on any atom is -0.507 e. The van der Waals surface area contributed by atoms with Gasteiger partial charge in [-0.2, -0.15) is 0 Å². The molecule has 24 heavy (non-hydrogen) atoms. The molecule has 0 unspecified atom stereocenters. The van der Waals surface area contributed by atoms with Gasteiger partial charge < -0.3 is 9.52 Å². The number of para-hydroxylation sites is 1. The Bertz CT molecular complexity index is 643. The van der Waals surface area contributed by atoms with Gasteiger partial charge in [-0.25, -0.2) is 4.98 Å². The van der Waals surface area contributed by atoms with Crippen LogP contribution in [0.5, 0.6) is 5.75 Å². The third-order valence-corrected chi connectivity index (χ3v) is 5.78. The Balaban J connectivity index is 1.73. The van der Waals surface area contributed by atoms with Gasteiger partial charge in [-0.1, -0.05) is 50.7 Å². The van der Waals surface area contributed by atoms with E-state index in [1.807, 2.05) is 18.2 Å². The molecule has 3 heteroatoms. The Labute approximate surface area is 144 Å². The quantitative estimate of drug-likeness (QED) is 0.737. The summed E-state index contributed by atoms with van der Waals surface area (Å²) < 4.78 is 6.30. The van der Waals surface area contributed by atoms with Crippen LogP contribution in [0.25, 0.3) is 11.5 Å². The van der Waals surface area contributed by atoms with Crippen molar-refractivity contribution in [3.05, 3.63) is 35.7 Å². The van der Waals surface area contributed by atoms with Crippen LogP contribution < -0.4 is 0 Å². The molecule has 2 aliphatic carbocycles. The second-order valence-corrected chi connectivity index (χ2v) is 7.46. The molecule has 2 fully saturated rings. The number of aromatic hydroxyl groups is 1. The standard InChI is InChI=1S/C21H27NO2/c23-18-14-8-7-13-17(18)21-22-19(15-9-3-1-4-10-15)20(24-21)16-11-5-2-6-12-16/h7-8,13-16,23H,1-6,9-12H2. The molecule has 4 rings (SSSR count). The van der Waals surface area contributed by atoms with E-state index in [1.165, 1.54) is 69.9 Å². The summed E-state index contributed by atoms with van der Waals surface area (Å²) in [6.07, 6.45) is 12.8. The van der Waals surface area contributed by atoms with E-state index in [0.29, 0.717) is 17.7 Å². The van der Waals surface area contributed by atoms with Crippen molar-refractivity contribution in [2.45, 2.75) is 76.0 Å². The molecular formula is C21H27NO2. The Kier molecular flexibility index (Phi) is 4.59. The number of oxazole rings is 1. The molecule has 128 valence electrons. The van der Waals surface area contributed by atoms with Crippen LogP contribution in [0.2, 0.25) is 0 Å². The molecule has 0 radical (unpaired) electrons. The van der Waals surface area contributed by atoms with E-state index in [2.05, 4.69) is 0 Å². The lowest BCUT2D eigenvalue weighted by atomic mass is 9.81. The van der Waals surface area contributed by atoms with Gasteiger partial charge in [0, 0.05) is 11.8 Å². The maximum absolute atomic E-state index is 10.2. The molecular weight excluding hydrogens is 298 g/mol. The predicted octanol–water partition coefficient (Wildman–Crippen LogP) is 6.14. The topological polar surface area (TPSA) is 46.3 Å². The SMILES string of the molecule is Oc1ccccc1-c1nc(C2CCCCC2)c(C2CCCCC2)o1. The van der Waals surface area contributed by atoms with Crippen molar-refractivity contribution < 1.29 is 9.52 Å². The van der Waals surface area contributed by atoms with E-state index in [-0.39, 0.29) is 5.75 Å². The van der Waals surface area contributed by atoms with E-state index in [1.54, 1.807) is 6.07 Å². The lowest BCUT2D eigenvalue weighted by molar-refractivity contribution is 0.364. The van der Waals surface area contributed by atoms with E-state index < -0.39 is 0 Å². The lowest BCUT2D eigenvalue weighted by Gasteiger charge is -2.24. The molecule has 0 aliphatic heterocycles. The van der Waals surface area contributed by atoms with Gasteiger partial charge in [-0.05, 0) is 37.8 Å². The number of nitrogens with zero attached hydrogens (tertiary/aromatic N) is 1. The second-order valence-electron chi connectivity index (χ2n) is 7.46. The average Bonchev–Trinajstić information content (AvgIpc) is 3.09. The number of hydrogen-bond acceptors (Lipinski definition) is 3. The number of rotatable bonds is 3. The van der Waals surface area contributed by atoms with Crippen LogP contribution >= 0.6 is 0 Å². The van der Waals surface area contributed by atoms with Gasteiger partial charge >= 0.3 is 0 Å². The Morgan fingerprint density at radius 2 is 1.46 bits per heavy atom. The lowest BCUT2D eigenvalue weighted by Crippen LogP contribution is -2.11. The summed E-state index contributed by atoms with van der Waals surface area (Å²) in [5.41, 5.74) is 1.91. The number of hydrogen-bond donors (Lipinski definition) is 1. The van der Waals surface area contributed by atoms with Crippen LogP contribution in [0.1, 0.15) is 87.5 Å². The first-order valence-corrected chi connectivity index (χ1v) is 9.62. The summed E-state index contributed by atoms with van der Waals surface area (Å²) >= 11 is 0. The van der Waals surface area contributed by atoms with Gasteiger partial charge in [-0.15, -0.1) is 0 Å². The van der Waals surface area contributed by atoms with E-state index in [0.717, 1.165) is 11.3 Å². The molecule has 3 nitrogen and oxygen atoms in total. The Hall–Kier alpha value is -1.77. The molecule has 0 saturated heterocycles. The normalized spacial score (nSPS) is 20.3. The monoisotopic (exact) mass is 325 g/mol. The van der Waals surface area contributed by atoms with Crippen molar-refractivity contribution in [1.29, 1.82) is 0 Å². The van der Waals surface area contributed by atoms with Crippen LogP contribution in [-0.4, -0.2) is 10.1 Å². The predicted molar refractivity (Wildman–Crippen MR) is 95.3 cm³/mol. The van der Waals surface area contributed by atoms with E-state index in [4.69, 9.17) is 9.40 Å². The zero-order chi connectivity index (χ0) is 16.4. The van der Waals surface area contributed by atoms with Crippen LogP contribution in [0.4, 0.5) is 0 Å². The average molecular weight is 325 g/mol. The first-order chi connectivity index (χ1) is 11.8. The van der Waals surface area contributed by atoms with E-state index in [9.17, 15) is 5.11 Å². The van der Waals surface area contributed by atoms with Crippen molar-refractivity contribution in [2.75, 3.05) is 0 Å². The number of aromatic nitrogens is 1. The highest BCUT2D eigenvalue weighted by Gasteiger charge is 2.30. The van der Waals surface area contributed by atoms with Crippen LogP contribution in [0.15, 0.2) is 28.7 Å². The fourth-order valence-corrected chi connectivity index (χ4v) is 4.44. The Morgan fingerprint density at radius 1 is 0.833 bits per heavy atom. The van der Waals surface area contributed by atoms with Gasteiger partial charge in [0.05, 0.1) is 11.3 Å². The highest BCUT2D eigenvalue weighted by atomic mass is 16.4. The molecule has 0 spiro atoms. The maximum Gasteiger partial charge on any atom is 0.230 e. The van der Waals surface area contributed by atoms with Crippen molar-refractivity contribution in [2.24, 2.45) is 0 Å². The number of benzene rings is 1. The van der Waals surface area contributed by atoms with E-state index >= 15 is 0 Å². The third kappa shape index (κ3) is 3.09. The van der Waals surface area contributed by atoms with Crippen molar-refractivity contribution in [3.63, 3.8) is 0 Å². The molecule has 0 atom stereocenters. The highest BCUT2D eigenvalue weighted by Crippen LogP contribution is 2.43. The molecule has 0 bridgehead atoms. The summed E-state index contributed by atoms with van der Waals surface area (Å²) in [5.74, 6) is 3.04. The molecule has 1 N–H and O–H groups in total. The zero-order valence-corrected chi connectivity index (χ0v) is 14.3. The van der Waals surface area contributed by atoms with Crippen LogP contribution in [0, 0.1) is 0 Å². The molecule has 2 aliphatic rings. The minimum atomic E-state index is 0.254. The van der Waals surface area contributed by atoms with Gasteiger partial charge in [0.15, 0.2) is 0 Å². The fourth-order valence-electron chi connectivity index (χ4n) is 4.44. The smallest absolute Gasteiger partial charge is 0.230 e. The molecule has 1 aromatic heterocycles. The van der Waals surface area contributed by atoms with Crippen molar-refractivity contribution in [1.82, 2.24) is 4.98 Å². The largest absolute Gasteiger partial charge is 0.507 e. The van der Waals surface area contributed by atoms with Gasteiger partial charge in [0.2, 0.25) is 5.89 Å². The summed E-state index contributed by atoms with van der Waals surface area (Å²) in [6, 6.07) is 7.38. The summed E-state index contributed by atoms with van der Waals surface area (Å²) in [6.45, 7) is 0. The maximum atomic E-state index is 10.2. The van der Waals surface area contributed by atoms with Crippen LogP contribution in [0.3, 0.4) is 0 Å². The molecule has 0 amide bonds. The number of phenolic OH excluding ortho intramolecular Hbond substituents is 1. The van der Waals surface area contributed by atoms with Gasteiger partial charge in [-0.3, -0.25) is 0 Å². The van der Waals surface area contributed by atoms with Crippen LogP contribution in [-0.2, 0) is 0 Å². The highest BCUT2D eigenvalue weighted by molar-refractivity contribution is 5.62. The molecule has 1 heterocycles. The molecule has 1 aromatic carbocycles. The summed E-state index contributed by atoms with van der Waals surface area (Å²) in [5, 5.41) is 10.2. The summed E-state index contributed by atoms with van der Waals surface area (Å²) in [4.78, 5) is 4.91. The first-order valence-electron chi connectivity index (χ1n) is 9.62. The van der Waals surface area contributed by atoms with Crippen molar-refractivity contribution >= 4 is 0 Å². The minimum absolute atomic E-state index is 0.254. The third-order valence-electron chi connectivity index (χ3n) is 5.78. The van der Waals surface area contributed by atoms with Gasteiger partial charge in [0.25, 0.3) is 0 Å². The Morgan fingerprint density at radius 3 is 2.12 bits per heavy atom. The summed E-state index contributed by atoms with van der Waals surface area (Å²) in [7, 11) is 0. The second kappa shape index (κ2) is 7.00. The number of phenols is 1. The molecule has 2 aromatic rings. The van der Waals surface area contributed by atoms with Gasteiger partial charge in [0.1, 0.15) is 11.5 Å². The molecule has 2 saturated carbocycles. The first kappa shape index (κ1) is 15.7. The zero-order valence-electron chi connectivity index (χ0n) is 14.3.